The molecule has 0 spiro atoms. The Morgan fingerprint density at radius 3 is 2.23 bits per heavy atom. The Labute approximate surface area is 242 Å². The minimum absolute atomic E-state index is 0.362. The number of amides is 3. The van der Waals surface area contributed by atoms with E-state index in [1.54, 1.807) is 43.5 Å². The molecule has 0 radical (unpaired) electrons. The highest BCUT2D eigenvalue weighted by Crippen LogP contribution is 2.31. The SMILES string of the molecule is CSCCC(NC(=O)OC(C)(C)C)C(=O)N(C(C)C)C(C(=O)Nc1c(C)cccc1Cl)c1ccc(C)c(C)c1. The van der Waals surface area contributed by atoms with Crippen LogP contribution in [0, 0.1) is 20.8 Å². The van der Waals surface area contributed by atoms with Crippen LogP contribution in [0.15, 0.2) is 36.4 Å². The van der Waals surface area contributed by atoms with Gasteiger partial charge in [0, 0.05) is 6.04 Å². The average Bonchev–Trinajstić information content (AvgIpc) is 2.82. The molecule has 39 heavy (non-hydrogen) atoms. The van der Waals surface area contributed by atoms with Gasteiger partial charge < -0.3 is 20.3 Å². The molecule has 2 N–H and O–H groups in total. The van der Waals surface area contributed by atoms with Crippen LogP contribution < -0.4 is 10.6 Å². The summed E-state index contributed by atoms with van der Waals surface area (Å²) >= 11 is 8.00. The molecule has 0 bridgehead atoms. The highest BCUT2D eigenvalue weighted by molar-refractivity contribution is 7.98. The minimum Gasteiger partial charge on any atom is -0.444 e. The summed E-state index contributed by atoms with van der Waals surface area (Å²) in [6.45, 7) is 14.8. The number of aryl methyl sites for hydroxylation is 3. The second-order valence-corrected chi connectivity index (χ2v) is 12.4. The second kappa shape index (κ2) is 14.1. The van der Waals surface area contributed by atoms with Crippen LogP contribution in [0.4, 0.5) is 10.5 Å². The first-order chi connectivity index (χ1) is 18.2. The molecule has 3 amide bonds. The number of nitrogens with one attached hydrogen (secondary N) is 2. The third-order valence-corrected chi connectivity index (χ3v) is 7.21. The maximum Gasteiger partial charge on any atom is 0.408 e. The third-order valence-electron chi connectivity index (χ3n) is 6.25. The van der Waals surface area contributed by atoms with Crippen LogP contribution >= 0.6 is 23.4 Å². The van der Waals surface area contributed by atoms with Crippen molar-refractivity contribution in [2.45, 2.75) is 85.5 Å². The lowest BCUT2D eigenvalue weighted by atomic mass is 9.97. The van der Waals surface area contributed by atoms with Crippen molar-refractivity contribution in [1.29, 1.82) is 0 Å². The summed E-state index contributed by atoms with van der Waals surface area (Å²) in [7, 11) is 0. The van der Waals surface area contributed by atoms with Gasteiger partial charge in [0.1, 0.15) is 17.7 Å². The lowest BCUT2D eigenvalue weighted by Gasteiger charge is -2.37. The van der Waals surface area contributed by atoms with Crippen molar-refractivity contribution in [3.8, 4) is 0 Å². The molecule has 0 saturated heterocycles. The average molecular weight is 576 g/mol. The van der Waals surface area contributed by atoms with Crippen LogP contribution in [0.3, 0.4) is 0 Å². The fourth-order valence-electron chi connectivity index (χ4n) is 4.16. The molecular weight excluding hydrogens is 534 g/mol. The highest BCUT2D eigenvalue weighted by atomic mass is 35.5. The minimum atomic E-state index is -0.968. The van der Waals surface area contributed by atoms with Crippen molar-refractivity contribution in [1.82, 2.24) is 10.2 Å². The van der Waals surface area contributed by atoms with Gasteiger partial charge in [-0.1, -0.05) is 41.9 Å². The van der Waals surface area contributed by atoms with Crippen molar-refractivity contribution < 1.29 is 19.1 Å². The first kappa shape index (κ1) is 32.5. The Kier molecular flexibility index (Phi) is 11.7. The standard InChI is InChI=1S/C30H42ClN3O4S/c1-18(2)34(28(36)24(15-16-39-9)32-29(37)38-30(6,7)8)26(22-14-13-19(3)21(5)17-22)27(35)33-25-20(4)11-10-12-23(25)31/h10-14,17-18,24,26H,15-16H2,1-9H3,(H,32,37)(H,33,35). The van der Waals surface area contributed by atoms with Gasteiger partial charge in [0.25, 0.3) is 5.91 Å². The van der Waals surface area contributed by atoms with E-state index in [1.165, 1.54) is 0 Å². The Bertz CT molecular complexity index is 1160. The van der Waals surface area contributed by atoms with Gasteiger partial charge in [0.15, 0.2) is 0 Å². The van der Waals surface area contributed by atoms with E-state index in [1.807, 2.05) is 71.2 Å². The van der Waals surface area contributed by atoms with Crippen LogP contribution in [0.25, 0.3) is 0 Å². The quantitative estimate of drug-likeness (QED) is 0.324. The van der Waals surface area contributed by atoms with E-state index in [4.69, 9.17) is 16.3 Å². The summed E-state index contributed by atoms with van der Waals surface area (Å²) in [5.74, 6) is -0.117. The Balaban J connectivity index is 2.58. The second-order valence-electron chi connectivity index (χ2n) is 11.0. The zero-order valence-electron chi connectivity index (χ0n) is 24.5. The molecule has 0 aliphatic rings. The summed E-state index contributed by atoms with van der Waals surface area (Å²) < 4.78 is 5.44. The van der Waals surface area contributed by atoms with Crippen LogP contribution in [-0.4, -0.2) is 52.5 Å². The molecule has 2 rings (SSSR count). The molecule has 0 aliphatic carbocycles. The lowest BCUT2D eigenvalue weighted by molar-refractivity contribution is -0.143. The summed E-state index contributed by atoms with van der Waals surface area (Å²) in [5.41, 5.74) is 3.33. The van der Waals surface area contributed by atoms with Crippen LogP contribution in [0.2, 0.25) is 5.02 Å². The molecule has 9 heteroatoms. The van der Waals surface area contributed by atoms with Gasteiger partial charge in [-0.2, -0.15) is 11.8 Å². The van der Waals surface area contributed by atoms with E-state index < -0.39 is 29.7 Å². The smallest absolute Gasteiger partial charge is 0.408 e. The van der Waals surface area contributed by atoms with Crippen LogP contribution in [0.1, 0.15) is 69.3 Å². The zero-order valence-corrected chi connectivity index (χ0v) is 26.0. The summed E-state index contributed by atoms with van der Waals surface area (Å²) in [5, 5.41) is 6.14. The number of rotatable bonds is 10. The molecule has 2 atom stereocenters. The van der Waals surface area contributed by atoms with E-state index in [2.05, 4.69) is 10.6 Å². The molecule has 2 aromatic rings. The maximum atomic E-state index is 14.2. The fourth-order valence-corrected chi connectivity index (χ4v) is 4.90. The third kappa shape index (κ3) is 9.17. The highest BCUT2D eigenvalue weighted by Gasteiger charge is 2.38. The number of halogens is 1. The van der Waals surface area contributed by atoms with Crippen molar-refractivity contribution in [2.24, 2.45) is 0 Å². The Hall–Kier alpha value is -2.71. The number of thioether (sulfide) groups is 1. The van der Waals surface area contributed by atoms with Gasteiger partial charge in [-0.25, -0.2) is 4.79 Å². The molecular formula is C30H42ClN3O4S. The molecule has 2 unspecified atom stereocenters. The lowest BCUT2D eigenvalue weighted by Crippen LogP contribution is -2.54. The van der Waals surface area contributed by atoms with Gasteiger partial charge >= 0.3 is 6.09 Å². The number of alkyl carbamates (subject to hydrolysis) is 1. The molecule has 0 fully saturated rings. The first-order valence-electron chi connectivity index (χ1n) is 13.1. The van der Waals surface area contributed by atoms with Crippen LogP contribution in [-0.2, 0) is 14.3 Å². The molecule has 214 valence electrons. The van der Waals surface area contributed by atoms with Gasteiger partial charge in [0.2, 0.25) is 5.91 Å². The van der Waals surface area contributed by atoms with E-state index in [0.717, 1.165) is 16.7 Å². The number of carbonyl (C=O) groups excluding carboxylic acids is 3. The summed E-state index contributed by atoms with van der Waals surface area (Å²) in [6.07, 6.45) is 1.64. The van der Waals surface area contributed by atoms with E-state index in [9.17, 15) is 14.4 Å². The van der Waals surface area contributed by atoms with Crippen molar-refractivity contribution in [2.75, 3.05) is 17.3 Å². The van der Waals surface area contributed by atoms with Crippen LogP contribution in [0.5, 0.6) is 0 Å². The Morgan fingerprint density at radius 2 is 1.69 bits per heavy atom. The van der Waals surface area contributed by atoms with Gasteiger partial charge in [0.05, 0.1) is 10.7 Å². The van der Waals surface area contributed by atoms with E-state index in [-0.39, 0.29) is 11.9 Å². The number of benzene rings is 2. The number of nitrogens with zero attached hydrogens (tertiary/aromatic N) is 1. The van der Waals surface area contributed by atoms with Crippen molar-refractivity contribution in [3.05, 3.63) is 63.7 Å². The predicted molar refractivity (Wildman–Crippen MR) is 162 cm³/mol. The normalized spacial score (nSPS) is 13.0. The molecule has 0 heterocycles. The number of para-hydroxylation sites is 1. The number of hydrogen-bond acceptors (Lipinski definition) is 5. The Morgan fingerprint density at radius 1 is 1.03 bits per heavy atom. The van der Waals surface area contributed by atoms with Gasteiger partial charge in [-0.05, 0) is 102 Å². The molecule has 0 aromatic heterocycles. The summed E-state index contributed by atoms with van der Waals surface area (Å²) in [4.78, 5) is 42.5. The molecule has 0 aliphatic heterocycles. The number of hydrogen-bond donors (Lipinski definition) is 2. The number of anilines is 1. The van der Waals surface area contributed by atoms with E-state index in [0.29, 0.717) is 28.4 Å². The topological polar surface area (TPSA) is 87.7 Å². The molecule has 0 saturated carbocycles. The van der Waals surface area contributed by atoms with Gasteiger partial charge in [-0.3, -0.25) is 9.59 Å². The molecule has 2 aromatic carbocycles. The van der Waals surface area contributed by atoms with Crippen molar-refractivity contribution >= 4 is 47.0 Å². The molecule has 7 nitrogen and oxygen atoms in total. The zero-order chi connectivity index (χ0) is 29.5. The number of ether oxygens (including phenoxy) is 1. The van der Waals surface area contributed by atoms with Crippen molar-refractivity contribution in [3.63, 3.8) is 0 Å². The fraction of sp³-hybridized carbons (Fsp3) is 0.500. The summed E-state index contributed by atoms with van der Waals surface area (Å²) in [6, 6.07) is 8.93. The maximum absolute atomic E-state index is 14.2. The predicted octanol–water partition coefficient (Wildman–Crippen LogP) is 6.83. The van der Waals surface area contributed by atoms with E-state index >= 15 is 0 Å². The number of carbonyl (C=O) groups is 3. The monoisotopic (exact) mass is 575 g/mol. The first-order valence-corrected chi connectivity index (χ1v) is 14.9. The van der Waals surface area contributed by atoms with Gasteiger partial charge in [-0.15, -0.1) is 0 Å². The largest absolute Gasteiger partial charge is 0.444 e.